The minimum atomic E-state index is -4.76. The van der Waals surface area contributed by atoms with Gasteiger partial charge in [0.25, 0.3) is 11.8 Å². The first-order valence-corrected chi connectivity index (χ1v) is 12.5. The SMILES string of the molecule is COc1cc(/C=C2/C(=O)NC(=O)N(c3cc(C(F)(F)F)ccc3Cl)C2=O)cc(Br)c1OCc1cccc(Cl)c1. The number of amides is 4. The molecule has 3 aromatic carbocycles. The zero-order valence-electron chi connectivity index (χ0n) is 19.7. The lowest BCUT2D eigenvalue weighted by atomic mass is 10.1. The number of alkyl halides is 3. The molecule has 39 heavy (non-hydrogen) atoms. The number of nitrogens with one attached hydrogen (secondary N) is 1. The molecule has 1 saturated heterocycles. The van der Waals surface area contributed by atoms with Gasteiger partial charge in [-0.25, -0.2) is 9.69 Å². The fourth-order valence-electron chi connectivity index (χ4n) is 3.65. The van der Waals surface area contributed by atoms with Crippen molar-refractivity contribution in [3.63, 3.8) is 0 Å². The Hall–Kier alpha value is -3.54. The fraction of sp³-hybridized carbons (Fsp3) is 0.115. The fourth-order valence-corrected chi connectivity index (χ4v) is 4.64. The van der Waals surface area contributed by atoms with Crippen LogP contribution in [0.4, 0.5) is 23.7 Å². The van der Waals surface area contributed by atoms with E-state index in [9.17, 15) is 27.6 Å². The summed E-state index contributed by atoms with van der Waals surface area (Å²) in [7, 11) is 1.39. The summed E-state index contributed by atoms with van der Waals surface area (Å²) in [6, 6.07) is 11.0. The van der Waals surface area contributed by atoms with E-state index in [1.807, 2.05) is 11.4 Å². The topological polar surface area (TPSA) is 84.9 Å². The van der Waals surface area contributed by atoms with Crippen LogP contribution in [0.3, 0.4) is 0 Å². The number of hydrogen-bond acceptors (Lipinski definition) is 5. The molecule has 0 radical (unpaired) electrons. The van der Waals surface area contributed by atoms with Gasteiger partial charge in [-0.3, -0.25) is 14.9 Å². The molecule has 0 spiro atoms. The van der Waals surface area contributed by atoms with Crippen molar-refractivity contribution in [3.8, 4) is 11.5 Å². The van der Waals surface area contributed by atoms with Crippen molar-refractivity contribution in [1.29, 1.82) is 0 Å². The summed E-state index contributed by atoms with van der Waals surface area (Å²) in [5.74, 6) is -1.63. The minimum absolute atomic E-state index is 0.158. The van der Waals surface area contributed by atoms with Crippen LogP contribution < -0.4 is 19.7 Å². The molecule has 7 nitrogen and oxygen atoms in total. The third-order valence-electron chi connectivity index (χ3n) is 5.45. The minimum Gasteiger partial charge on any atom is -0.493 e. The lowest BCUT2D eigenvalue weighted by Crippen LogP contribution is -2.54. The summed E-state index contributed by atoms with van der Waals surface area (Å²) >= 11 is 15.4. The largest absolute Gasteiger partial charge is 0.493 e. The summed E-state index contributed by atoms with van der Waals surface area (Å²) in [6.45, 7) is 0.158. The highest BCUT2D eigenvalue weighted by molar-refractivity contribution is 9.10. The van der Waals surface area contributed by atoms with Crippen LogP contribution >= 0.6 is 39.1 Å². The van der Waals surface area contributed by atoms with Gasteiger partial charge in [0.15, 0.2) is 11.5 Å². The third-order valence-corrected chi connectivity index (χ3v) is 6.59. The summed E-state index contributed by atoms with van der Waals surface area (Å²) < 4.78 is 51.4. The number of barbiturate groups is 1. The number of carbonyl (C=O) groups is 3. The Morgan fingerprint density at radius 3 is 2.46 bits per heavy atom. The molecule has 0 aromatic heterocycles. The molecule has 4 amide bonds. The lowest BCUT2D eigenvalue weighted by Gasteiger charge is -2.27. The van der Waals surface area contributed by atoms with Gasteiger partial charge >= 0.3 is 12.2 Å². The van der Waals surface area contributed by atoms with Gasteiger partial charge in [-0.05, 0) is 75.6 Å². The molecular formula is C26H16BrCl2F3N2O5. The number of nitrogens with zero attached hydrogens (tertiary/aromatic N) is 1. The number of ether oxygens (including phenoxy) is 2. The summed E-state index contributed by atoms with van der Waals surface area (Å²) in [5.41, 5.74) is -1.10. The summed E-state index contributed by atoms with van der Waals surface area (Å²) in [6.07, 6.45) is -3.60. The first-order chi connectivity index (χ1) is 18.4. The van der Waals surface area contributed by atoms with E-state index in [4.69, 9.17) is 32.7 Å². The highest BCUT2D eigenvalue weighted by Crippen LogP contribution is 2.39. The van der Waals surface area contributed by atoms with E-state index in [2.05, 4.69) is 15.9 Å². The summed E-state index contributed by atoms with van der Waals surface area (Å²) in [5, 5.41) is 2.19. The van der Waals surface area contributed by atoms with Crippen molar-refractivity contribution in [2.24, 2.45) is 0 Å². The maximum absolute atomic E-state index is 13.3. The standard InChI is InChI=1S/C26H16BrCl2F3N2O5/c1-38-21-10-14(9-18(27)22(21)39-12-13-3-2-4-16(28)7-13)8-17-23(35)33-25(37)34(24(17)36)20-11-15(26(30,31)32)5-6-19(20)29/h2-11H,12H2,1H3,(H,33,35,37)/b17-8-. The molecule has 0 saturated carbocycles. The van der Waals surface area contributed by atoms with Crippen molar-refractivity contribution in [2.75, 3.05) is 12.0 Å². The molecule has 202 valence electrons. The van der Waals surface area contributed by atoms with Gasteiger partial charge in [0, 0.05) is 5.02 Å². The van der Waals surface area contributed by atoms with E-state index >= 15 is 0 Å². The Morgan fingerprint density at radius 1 is 1.05 bits per heavy atom. The lowest BCUT2D eigenvalue weighted by molar-refractivity contribution is -0.137. The van der Waals surface area contributed by atoms with Crippen LogP contribution in [0.25, 0.3) is 6.08 Å². The van der Waals surface area contributed by atoms with Crippen LogP contribution in [0, 0.1) is 0 Å². The predicted molar refractivity (Wildman–Crippen MR) is 142 cm³/mol. The van der Waals surface area contributed by atoms with Gasteiger partial charge in [-0.15, -0.1) is 0 Å². The molecule has 0 bridgehead atoms. The molecule has 0 unspecified atom stereocenters. The quantitative estimate of drug-likeness (QED) is 0.230. The first kappa shape index (κ1) is 28.5. The third kappa shape index (κ3) is 6.21. The maximum Gasteiger partial charge on any atom is 0.416 e. The number of methoxy groups -OCH3 is 1. The summed E-state index contributed by atoms with van der Waals surface area (Å²) in [4.78, 5) is 38.6. The molecule has 1 fully saturated rings. The number of urea groups is 1. The van der Waals surface area contributed by atoms with Crippen LogP contribution in [0.2, 0.25) is 10.0 Å². The van der Waals surface area contributed by atoms with Crippen LogP contribution in [0.15, 0.2) is 64.6 Å². The molecule has 4 rings (SSSR count). The molecule has 1 heterocycles. The van der Waals surface area contributed by atoms with Crippen molar-refractivity contribution < 1.29 is 37.0 Å². The van der Waals surface area contributed by atoms with Gasteiger partial charge in [0.05, 0.1) is 27.9 Å². The van der Waals surface area contributed by atoms with Crippen molar-refractivity contribution in [2.45, 2.75) is 12.8 Å². The highest BCUT2D eigenvalue weighted by atomic mass is 79.9. The Labute approximate surface area is 238 Å². The highest BCUT2D eigenvalue weighted by Gasteiger charge is 2.39. The number of carbonyl (C=O) groups excluding carboxylic acids is 3. The molecule has 3 aromatic rings. The maximum atomic E-state index is 13.3. The van der Waals surface area contributed by atoms with Crippen LogP contribution in [0.5, 0.6) is 11.5 Å². The van der Waals surface area contributed by atoms with Crippen molar-refractivity contribution in [3.05, 3.63) is 91.4 Å². The number of halogens is 6. The van der Waals surface area contributed by atoms with Crippen molar-refractivity contribution >= 4 is 68.7 Å². The molecule has 1 aliphatic rings. The average Bonchev–Trinajstić information content (AvgIpc) is 2.86. The van der Waals surface area contributed by atoms with E-state index in [1.54, 1.807) is 18.2 Å². The van der Waals surface area contributed by atoms with E-state index in [-0.39, 0.29) is 22.9 Å². The second kappa shape index (κ2) is 11.3. The number of benzene rings is 3. The van der Waals surface area contributed by atoms with Gasteiger partial charge in [-0.2, -0.15) is 13.2 Å². The number of rotatable bonds is 6. The molecule has 0 aliphatic carbocycles. The van der Waals surface area contributed by atoms with Crippen molar-refractivity contribution in [1.82, 2.24) is 5.32 Å². The van der Waals surface area contributed by atoms with Gasteiger partial charge < -0.3 is 9.47 Å². The Balaban J connectivity index is 1.68. The molecule has 13 heteroatoms. The molecular weight excluding hydrogens is 628 g/mol. The van der Waals surface area contributed by atoms with E-state index < -0.39 is 40.8 Å². The monoisotopic (exact) mass is 642 g/mol. The van der Waals surface area contributed by atoms with Gasteiger partial charge in [0.2, 0.25) is 0 Å². The Kier molecular flexibility index (Phi) is 8.24. The normalized spacial score (nSPS) is 15.0. The molecule has 1 aliphatic heterocycles. The smallest absolute Gasteiger partial charge is 0.416 e. The van der Waals surface area contributed by atoms with Crippen LogP contribution in [-0.2, 0) is 22.4 Å². The zero-order valence-corrected chi connectivity index (χ0v) is 22.8. The second-order valence-corrected chi connectivity index (χ2v) is 9.77. The molecule has 1 N–H and O–H groups in total. The van der Waals surface area contributed by atoms with E-state index in [0.717, 1.165) is 17.7 Å². The number of imide groups is 2. The average molecular weight is 644 g/mol. The first-order valence-electron chi connectivity index (χ1n) is 10.9. The number of anilines is 1. The van der Waals surface area contributed by atoms with Crippen LogP contribution in [0.1, 0.15) is 16.7 Å². The van der Waals surface area contributed by atoms with Gasteiger partial charge in [-0.1, -0.05) is 35.3 Å². The Bertz CT molecular complexity index is 1530. The van der Waals surface area contributed by atoms with Crippen LogP contribution in [-0.4, -0.2) is 25.0 Å². The Morgan fingerprint density at radius 2 is 1.79 bits per heavy atom. The predicted octanol–water partition coefficient (Wildman–Crippen LogP) is 7.03. The zero-order chi connectivity index (χ0) is 28.5. The second-order valence-electron chi connectivity index (χ2n) is 8.07. The van der Waals surface area contributed by atoms with E-state index in [0.29, 0.717) is 32.3 Å². The van der Waals surface area contributed by atoms with Gasteiger partial charge in [0.1, 0.15) is 12.2 Å². The van der Waals surface area contributed by atoms with E-state index in [1.165, 1.54) is 19.2 Å². The number of hydrogen-bond donors (Lipinski definition) is 1. The molecule has 0 atom stereocenters.